The topological polar surface area (TPSA) is 36.4 Å². The van der Waals surface area contributed by atoms with Crippen LogP contribution in [0.3, 0.4) is 0 Å². The molecule has 0 saturated carbocycles. The van der Waals surface area contributed by atoms with Crippen molar-refractivity contribution in [2.75, 3.05) is 17.3 Å². The molecule has 1 aromatic heterocycles. The second-order valence-corrected chi connectivity index (χ2v) is 5.70. The second kappa shape index (κ2) is 5.88. The summed E-state index contributed by atoms with van der Waals surface area (Å²) in [4.78, 5) is 6.89. The molecule has 1 aliphatic rings. The second-order valence-electron chi connectivity index (χ2n) is 5.39. The summed E-state index contributed by atoms with van der Waals surface area (Å²) in [5.41, 5.74) is 0. The summed E-state index contributed by atoms with van der Waals surface area (Å²) in [7, 11) is 0. The number of alkyl halides is 1. The third-order valence-electron chi connectivity index (χ3n) is 4.06. The fourth-order valence-corrected chi connectivity index (χ4v) is 3.31. The van der Waals surface area contributed by atoms with Crippen molar-refractivity contribution in [3.05, 3.63) is 30.5 Å². The minimum atomic E-state index is 0.281. The lowest BCUT2D eigenvalue weighted by atomic mass is 10.1. The van der Waals surface area contributed by atoms with Crippen molar-refractivity contribution in [1.29, 1.82) is 0 Å². The monoisotopic (exact) mass is 290 g/mol. The van der Waals surface area contributed by atoms with Gasteiger partial charge in [-0.15, -0.1) is 11.6 Å². The van der Waals surface area contributed by atoms with Crippen LogP contribution in [-0.2, 0) is 0 Å². The smallest absolute Gasteiger partial charge is 0.136 e. The van der Waals surface area contributed by atoms with Gasteiger partial charge in [-0.05, 0) is 36.4 Å². The standard InChI is InChI=1S/C16H19ClN2O/c17-11-13-4-2-1-3-9-19(13)16-15-10-14(20)6-5-12(15)7-8-18-16/h5-8,10,13,20H,1-4,9,11H2. The van der Waals surface area contributed by atoms with Crippen molar-refractivity contribution in [1.82, 2.24) is 4.98 Å². The highest BCUT2D eigenvalue weighted by Gasteiger charge is 2.23. The number of phenols is 1. The summed E-state index contributed by atoms with van der Waals surface area (Å²) in [6.45, 7) is 0.985. The molecule has 1 N–H and O–H groups in total. The average molecular weight is 291 g/mol. The van der Waals surface area contributed by atoms with Crippen LogP contribution < -0.4 is 4.90 Å². The molecule has 1 fully saturated rings. The van der Waals surface area contributed by atoms with E-state index in [0.717, 1.165) is 29.6 Å². The number of halogens is 1. The van der Waals surface area contributed by atoms with Crippen LogP contribution in [0.4, 0.5) is 5.82 Å². The minimum Gasteiger partial charge on any atom is -0.508 e. The molecule has 106 valence electrons. The molecule has 2 heterocycles. The van der Waals surface area contributed by atoms with Crippen molar-refractivity contribution in [3.63, 3.8) is 0 Å². The Morgan fingerprint density at radius 3 is 3.00 bits per heavy atom. The van der Waals surface area contributed by atoms with Crippen LogP contribution >= 0.6 is 11.6 Å². The van der Waals surface area contributed by atoms with Gasteiger partial charge in [0.15, 0.2) is 0 Å². The van der Waals surface area contributed by atoms with Gasteiger partial charge in [0.25, 0.3) is 0 Å². The predicted octanol–water partition coefficient (Wildman–Crippen LogP) is 3.93. The number of nitrogens with zero attached hydrogens (tertiary/aromatic N) is 2. The number of phenolic OH excluding ortho intramolecular Hbond substituents is 1. The first-order chi connectivity index (χ1) is 9.79. The predicted molar refractivity (Wildman–Crippen MR) is 83.7 cm³/mol. The van der Waals surface area contributed by atoms with Gasteiger partial charge in [0, 0.05) is 30.0 Å². The fraction of sp³-hybridized carbons (Fsp3) is 0.438. The van der Waals surface area contributed by atoms with E-state index in [1.165, 1.54) is 19.3 Å². The summed E-state index contributed by atoms with van der Waals surface area (Å²) in [6.07, 6.45) is 6.60. The molecule has 20 heavy (non-hydrogen) atoms. The molecule has 0 spiro atoms. The Balaban J connectivity index is 2.09. The number of aromatic hydroxyl groups is 1. The van der Waals surface area contributed by atoms with Gasteiger partial charge in [-0.3, -0.25) is 0 Å². The molecule has 0 aliphatic carbocycles. The van der Waals surface area contributed by atoms with E-state index >= 15 is 0 Å². The number of aromatic nitrogens is 1. The lowest BCUT2D eigenvalue weighted by Gasteiger charge is -2.30. The number of hydrogen-bond acceptors (Lipinski definition) is 3. The van der Waals surface area contributed by atoms with Crippen molar-refractivity contribution >= 4 is 28.2 Å². The summed E-state index contributed by atoms with van der Waals surface area (Å²) in [6, 6.07) is 7.76. The lowest BCUT2D eigenvalue weighted by Crippen LogP contribution is -2.36. The maximum Gasteiger partial charge on any atom is 0.136 e. The third-order valence-corrected chi connectivity index (χ3v) is 4.41. The quantitative estimate of drug-likeness (QED) is 0.852. The van der Waals surface area contributed by atoms with E-state index < -0.39 is 0 Å². The first-order valence-corrected chi connectivity index (χ1v) is 7.73. The van der Waals surface area contributed by atoms with E-state index in [2.05, 4.69) is 9.88 Å². The van der Waals surface area contributed by atoms with Crippen molar-refractivity contribution in [2.45, 2.75) is 31.7 Å². The van der Waals surface area contributed by atoms with Gasteiger partial charge < -0.3 is 10.0 Å². The van der Waals surface area contributed by atoms with E-state index in [4.69, 9.17) is 11.6 Å². The first-order valence-electron chi connectivity index (χ1n) is 7.20. The van der Waals surface area contributed by atoms with Crippen LogP contribution in [-0.4, -0.2) is 28.6 Å². The number of rotatable bonds is 2. The molecule has 1 aromatic carbocycles. The Morgan fingerprint density at radius 2 is 2.15 bits per heavy atom. The van der Waals surface area contributed by atoms with E-state index in [0.29, 0.717) is 11.9 Å². The zero-order chi connectivity index (χ0) is 13.9. The number of fused-ring (bicyclic) bond motifs is 1. The van der Waals surface area contributed by atoms with Crippen molar-refractivity contribution < 1.29 is 5.11 Å². The highest BCUT2D eigenvalue weighted by atomic mass is 35.5. The number of hydrogen-bond donors (Lipinski definition) is 1. The highest BCUT2D eigenvalue weighted by molar-refractivity contribution is 6.18. The van der Waals surface area contributed by atoms with E-state index in [1.807, 2.05) is 18.3 Å². The Morgan fingerprint density at radius 1 is 1.25 bits per heavy atom. The molecule has 3 nitrogen and oxygen atoms in total. The highest BCUT2D eigenvalue weighted by Crippen LogP contribution is 2.31. The Hall–Kier alpha value is -1.48. The van der Waals surface area contributed by atoms with E-state index in [-0.39, 0.29) is 5.75 Å². The van der Waals surface area contributed by atoms with E-state index in [9.17, 15) is 5.11 Å². The summed E-state index contributed by atoms with van der Waals surface area (Å²) in [5, 5.41) is 11.9. The molecule has 1 atom stereocenters. The Labute approximate surface area is 124 Å². The largest absolute Gasteiger partial charge is 0.508 e. The van der Waals surface area contributed by atoms with E-state index in [1.54, 1.807) is 12.1 Å². The summed E-state index contributed by atoms with van der Waals surface area (Å²) >= 11 is 6.16. The van der Waals surface area contributed by atoms with Gasteiger partial charge in [-0.2, -0.15) is 0 Å². The zero-order valence-corrected chi connectivity index (χ0v) is 12.2. The lowest BCUT2D eigenvalue weighted by molar-refractivity contribution is 0.476. The van der Waals surface area contributed by atoms with Gasteiger partial charge in [0.05, 0.1) is 0 Å². The summed E-state index contributed by atoms with van der Waals surface area (Å²) < 4.78 is 0. The third kappa shape index (κ3) is 2.55. The number of pyridine rings is 1. The average Bonchev–Trinajstić information content (AvgIpc) is 2.71. The summed E-state index contributed by atoms with van der Waals surface area (Å²) in [5.74, 6) is 1.85. The van der Waals surface area contributed by atoms with Crippen LogP contribution in [0.15, 0.2) is 30.5 Å². The molecule has 3 rings (SSSR count). The van der Waals surface area contributed by atoms with Crippen molar-refractivity contribution in [2.24, 2.45) is 0 Å². The van der Waals surface area contributed by atoms with Gasteiger partial charge in [0.1, 0.15) is 11.6 Å². The fourth-order valence-electron chi connectivity index (χ4n) is 2.99. The maximum absolute atomic E-state index is 9.76. The molecule has 0 bridgehead atoms. The van der Waals surface area contributed by atoms with Gasteiger partial charge in [-0.1, -0.05) is 18.9 Å². The van der Waals surface area contributed by atoms with Crippen LogP contribution in [0.25, 0.3) is 10.8 Å². The zero-order valence-electron chi connectivity index (χ0n) is 11.4. The van der Waals surface area contributed by atoms with Crippen LogP contribution in [0, 0.1) is 0 Å². The molecule has 1 aliphatic heterocycles. The normalized spacial score (nSPS) is 20.1. The van der Waals surface area contributed by atoms with Crippen LogP contribution in [0.2, 0.25) is 0 Å². The Kier molecular flexibility index (Phi) is 3.97. The molecule has 0 amide bonds. The molecular formula is C16H19ClN2O. The SMILES string of the molecule is Oc1ccc2ccnc(N3CCCCCC3CCl)c2c1. The first kappa shape index (κ1) is 13.5. The maximum atomic E-state index is 9.76. The molecule has 1 saturated heterocycles. The van der Waals surface area contributed by atoms with Crippen molar-refractivity contribution in [3.8, 4) is 5.75 Å². The van der Waals surface area contributed by atoms with Crippen LogP contribution in [0.5, 0.6) is 5.75 Å². The molecule has 1 unspecified atom stereocenters. The minimum absolute atomic E-state index is 0.281. The molecule has 0 radical (unpaired) electrons. The van der Waals surface area contributed by atoms with Crippen LogP contribution in [0.1, 0.15) is 25.7 Å². The van der Waals surface area contributed by atoms with Gasteiger partial charge >= 0.3 is 0 Å². The number of benzene rings is 1. The van der Waals surface area contributed by atoms with Gasteiger partial charge in [-0.25, -0.2) is 4.98 Å². The molecular weight excluding hydrogens is 272 g/mol. The molecule has 2 aromatic rings. The number of anilines is 1. The Bertz CT molecular complexity index is 602. The molecule has 4 heteroatoms. The van der Waals surface area contributed by atoms with Gasteiger partial charge in [0.2, 0.25) is 0 Å².